The van der Waals surface area contributed by atoms with E-state index in [-0.39, 0.29) is 30.1 Å². The molecule has 0 aromatic heterocycles. The average Bonchev–Trinajstić information content (AvgIpc) is 3.16. The number of rotatable bonds is 6. The third-order valence-electron chi connectivity index (χ3n) is 5.22. The van der Waals surface area contributed by atoms with Crippen molar-refractivity contribution in [3.8, 4) is 0 Å². The average molecular weight is 481 g/mol. The number of likely N-dealkylation sites (tertiary alicyclic amines) is 2. The molecule has 2 aliphatic rings. The normalized spacial score (nSPS) is 20.4. The van der Waals surface area contributed by atoms with E-state index in [1.165, 1.54) is 25.9 Å². The van der Waals surface area contributed by atoms with E-state index in [1.807, 2.05) is 14.0 Å². The molecule has 0 aromatic rings. The van der Waals surface area contributed by atoms with Gasteiger partial charge < -0.3 is 20.3 Å². The van der Waals surface area contributed by atoms with Gasteiger partial charge in [-0.2, -0.15) is 0 Å². The molecule has 2 heterocycles. The van der Waals surface area contributed by atoms with E-state index >= 15 is 0 Å². The second-order valence-corrected chi connectivity index (χ2v) is 6.86. The van der Waals surface area contributed by atoms with Crippen LogP contribution in [0.25, 0.3) is 0 Å². The summed E-state index contributed by atoms with van der Waals surface area (Å²) in [5, 5.41) is 7.00. The fourth-order valence-electron chi connectivity index (χ4n) is 3.66. The third kappa shape index (κ3) is 7.09. The number of nitrogens with zero attached hydrogens (tertiary/aromatic N) is 3. The van der Waals surface area contributed by atoms with Crippen LogP contribution in [0, 0.1) is 0 Å². The van der Waals surface area contributed by atoms with Gasteiger partial charge in [-0.05, 0) is 52.1 Å². The van der Waals surface area contributed by atoms with Gasteiger partial charge in [0.2, 0.25) is 0 Å². The molecule has 0 aliphatic carbocycles. The summed E-state index contributed by atoms with van der Waals surface area (Å²) >= 11 is 0. The van der Waals surface area contributed by atoms with Crippen molar-refractivity contribution in [2.75, 3.05) is 46.4 Å². The Labute approximate surface area is 175 Å². The maximum absolute atomic E-state index is 11.8. The van der Waals surface area contributed by atoms with Crippen LogP contribution in [0.4, 0.5) is 4.79 Å². The molecule has 1 unspecified atom stereocenters. The Morgan fingerprint density at radius 2 is 1.85 bits per heavy atom. The van der Waals surface area contributed by atoms with Gasteiger partial charge in [-0.1, -0.05) is 6.92 Å². The lowest BCUT2D eigenvalue weighted by molar-refractivity contribution is 0.0963. The second kappa shape index (κ2) is 12.6. The van der Waals surface area contributed by atoms with Gasteiger partial charge >= 0.3 is 6.09 Å². The summed E-state index contributed by atoms with van der Waals surface area (Å²) < 4.78 is 5.07. The Hall–Kier alpha value is -0.770. The van der Waals surface area contributed by atoms with Crippen LogP contribution in [0.2, 0.25) is 0 Å². The van der Waals surface area contributed by atoms with E-state index in [2.05, 4.69) is 27.4 Å². The highest BCUT2D eigenvalue weighted by molar-refractivity contribution is 14.0. The van der Waals surface area contributed by atoms with Gasteiger partial charge in [0.1, 0.15) is 0 Å². The molecule has 2 N–H and O–H groups in total. The number of carbonyl (C=O) groups excluding carboxylic acids is 1. The summed E-state index contributed by atoms with van der Waals surface area (Å²) in [6.07, 6.45) is 5.44. The van der Waals surface area contributed by atoms with Crippen molar-refractivity contribution >= 4 is 36.0 Å². The zero-order valence-electron chi connectivity index (χ0n) is 16.5. The molecule has 1 atom stereocenters. The molecule has 7 nitrogen and oxygen atoms in total. The van der Waals surface area contributed by atoms with E-state index < -0.39 is 0 Å². The van der Waals surface area contributed by atoms with Crippen LogP contribution in [0.1, 0.15) is 46.0 Å². The Balaban J connectivity index is 0.00000338. The van der Waals surface area contributed by atoms with Gasteiger partial charge in [0.25, 0.3) is 0 Å². The number of amides is 1. The fraction of sp³-hybridized carbons (Fsp3) is 0.889. The minimum Gasteiger partial charge on any atom is -0.450 e. The number of hydrogen-bond acceptors (Lipinski definition) is 4. The molecule has 2 saturated heterocycles. The van der Waals surface area contributed by atoms with Crippen LogP contribution in [0.15, 0.2) is 4.99 Å². The molecule has 0 spiro atoms. The number of carbonyl (C=O) groups is 1. The number of aliphatic imine (C=N–C) groups is 1. The van der Waals surface area contributed by atoms with Crippen molar-refractivity contribution in [2.45, 2.75) is 58.0 Å². The van der Waals surface area contributed by atoms with Gasteiger partial charge in [-0.3, -0.25) is 9.89 Å². The molecule has 2 aliphatic heterocycles. The molecule has 2 rings (SSSR count). The SMILES string of the molecule is CCOC(=O)N1CCC(NC(=NC)NCC(CC)N2CCCC2)CC1.I. The van der Waals surface area contributed by atoms with E-state index in [4.69, 9.17) is 4.74 Å². The molecular formula is C18H36IN5O2. The topological polar surface area (TPSA) is 69.2 Å². The predicted molar refractivity (Wildman–Crippen MR) is 116 cm³/mol. The standard InChI is InChI=1S/C18H35N5O2.HI/c1-4-16(22-10-6-7-11-22)14-20-17(19-3)21-15-8-12-23(13-9-15)18(24)25-5-2;/h15-16H,4-14H2,1-3H3,(H2,19,20,21);1H. The van der Waals surface area contributed by atoms with Gasteiger partial charge in [0.05, 0.1) is 6.61 Å². The lowest BCUT2D eigenvalue weighted by Crippen LogP contribution is -2.52. The monoisotopic (exact) mass is 481 g/mol. The Morgan fingerprint density at radius 3 is 2.38 bits per heavy atom. The fourth-order valence-corrected chi connectivity index (χ4v) is 3.66. The summed E-state index contributed by atoms with van der Waals surface area (Å²) in [4.78, 5) is 20.5. The molecule has 0 radical (unpaired) electrons. The first-order valence-corrected chi connectivity index (χ1v) is 9.80. The van der Waals surface area contributed by atoms with Crippen LogP contribution in [0.5, 0.6) is 0 Å². The zero-order valence-corrected chi connectivity index (χ0v) is 18.8. The number of piperidine rings is 1. The zero-order chi connectivity index (χ0) is 18.1. The Morgan fingerprint density at radius 1 is 1.19 bits per heavy atom. The third-order valence-corrected chi connectivity index (χ3v) is 5.22. The van der Waals surface area contributed by atoms with Crippen LogP contribution in [0.3, 0.4) is 0 Å². The van der Waals surface area contributed by atoms with Gasteiger partial charge in [0.15, 0.2) is 5.96 Å². The number of hydrogen-bond donors (Lipinski definition) is 2. The Bertz CT molecular complexity index is 435. The van der Waals surface area contributed by atoms with Crippen LogP contribution in [-0.4, -0.2) is 80.3 Å². The van der Waals surface area contributed by atoms with Crippen LogP contribution >= 0.6 is 24.0 Å². The van der Waals surface area contributed by atoms with Gasteiger partial charge in [-0.25, -0.2) is 4.79 Å². The van der Waals surface area contributed by atoms with E-state index in [9.17, 15) is 4.79 Å². The van der Waals surface area contributed by atoms with E-state index in [1.54, 1.807) is 4.90 Å². The summed E-state index contributed by atoms with van der Waals surface area (Å²) in [5.74, 6) is 0.868. The summed E-state index contributed by atoms with van der Waals surface area (Å²) in [6.45, 7) is 9.37. The smallest absolute Gasteiger partial charge is 0.409 e. The lowest BCUT2D eigenvalue weighted by atomic mass is 10.1. The highest BCUT2D eigenvalue weighted by Crippen LogP contribution is 2.14. The maximum atomic E-state index is 11.8. The number of halogens is 1. The molecular weight excluding hydrogens is 445 g/mol. The second-order valence-electron chi connectivity index (χ2n) is 6.86. The lowest BCUT2D eigenvalue weighted by Gasteiger charge is -2.33. The first-order chi connectivity index (χ1) is 12.2. The van der Waals surface area contributed by atoms with Crippen molar-refractivity contribution < 1.29 is 9.53 Å². The maximum Gasteiger partial charge on any atom is 0.409 e. The van der Waals surface area contributed by atoms with E-state index in [0.717, 1.165) is 44.9 Å². The van der Waals surface area contributed by atoms with Crippen molar-refractivity contribution in [1.82, 2.24) is 20.4 Å². The first-order valence-electron chi connectivity index (χ1n) is 9.80. The molecule has 2 fully saturated rings. The molecule has 0 aromatic carbocycles. The number of guanidine groups is 1. The van der Waals surface area contributed by atoms with E-state index in [0.29, 0.717) is 18.7 Å². The number of ether oxygens (including phenoxy) is 1. The van der Waals surface area contributed by atoms with Crippen LogP contribution in [-0.2, 0) is 4.74 Å². The number of nitrogens with one attached hydrogen (secondary N) is 2. The summed E-state index contributed by atoms with van der Waals surface area (Å²) in [7, 11) is 1.82. The summed E-state index contributed by atoms with van der Waals surface area (Å²) in [6, 6.07) is 0.926. The molecule has 0 bridgehead atoms. The minimum atomic E-state index is -0.195. The molecule has 26 heavy (non-hydrogen) atoms. The molecule has 0 saturated carbocycles. The quantitative estimate of drug-likeness (QED) is 0.346. The van der Waals surface area contributed by atoms with Crippen molar-refractivity contribution in [3.63, 3.8) is 0 Å². The Kier molecular flexibility index (Phi) is 11.3. The van der Waals surface area contributed by atoms with Gasteiger partial charge in [-0.15, -0.1) is 24.0 Å². The van der Waals surface area contributed by atoms with Gasteiger partial charge in [0, 0.05) is 38.8 Å². The van der Waals surface area contributed by atoms with Crippen molar-refractivity contribution in [2.24, 2.45) is 4.99 Å². The first kappa shape index (κ1) is 23.3. The molecule has 152 valence electrons. The molecule has 8 heteroatoms. The minimum absolute atomic E-state index is 0. The van der Waals surface area contributed by atoms with Crippen LogP contribution < -0.4 is 10.6 Å². The van der Waals surface area contributed by atoms with Crippen molar-refractivity contribution in [3.05, 3.63) is 0 Å². The molecule has 1 amide bonds. The largest absolute Gasteiger partial charge is 0.450 e. The highest BCUT2D eigenvalue weighted by atomic mass is 127. The van der Waals surface area contributed by atoms with Crippen molar-refractivity contribution in [1.29, 1.82) is 0 Å². The summed E-state index contributed by atoms with van der Waals surface area (Å²) in [5.41, 5.74) is 0. The highest BCUT2D eigenvalue weighted by Gasteiger charge is 2.25. The predicted octanol–water partition coefficient (Wildman–Crippen LogP) is 2.26.